The lowest BCUT2D eigenvalue weighted by atomic mass is 10.0. The summed E-state index contributed by atoms with van der Waals surface area (Å²) in [5, 5.41) is 0. The van der Waals surface area contributed by atoms with E-state index in [1.807, 2.05) is 12.3 Å². The molecule has 0 saturated heterocycles. The van der Waals surface area contributed by atoms with E-state index in [0.29, 0.717) is 0 Å². The number of imidazole rings is 1. The largest absolute Gasteiger partial charge is 0.360 e. The summed E-state index contributed by atoms with van der Waals surface area (Å²) in [6, 6.07) is 4.33. The Morgan fingerprint density at radius 2 is 2.44 bits per heavy atom. The molecule has 3 heterocycles. The molecule has 0 radical (unpaired) electrons. The summed E-state index contributed by atoms with van der Waals surface area (Å²) < 4.78 is 2.29. The molecule has 1 aliphatic heterocycles. The number of aromatic amines is 1. The van der Waals surface area contributed by atoms with E-state index >= 15 is 0 Å². The molecule has 0 bridgehead atoms. The van der Waals surface area contributed by atoms with Crippen LogP contribution < -0.4 is 5.73 Å². The standard InChI is InChI=1S/C12H16N4/c1-8-15-12(10-3-2-5-14-10)11-7-9(13)4-6-16(8)11/h2-3,5,9,14H,4,6-7,13H2,1H3. The van der Waals surface area contributed by atoms with Gasteiger partial charge in [-0.1, -0.05) is 0 Å². The molecule has 3 rings (SSSR count). The molecular formula is C12H16N4. The van der Waals surface area contributed by atoms with Crippen molar-refractivity contribution in [1.82, 2.24) is 14.5 Å². The van der Waals surface area contributed by atoms with Crippen LogP contribution in [0.5, 0.6) is 0 Å². The highest BCUT2D eigenvalue weighted by Crippen LogP contribution is 2.27. The molecule has 2 aromatic heterocycles. The minimum atomic E-state index is 0.275. The van der Waals surface area contributed by atoms with Crippen LogP contribution in [0.15, 0.2) is 18.3 Å². The zero-order chi connectivity index (χ0) is 11.1. The van der Waals surface area contributed by atoms with Gasteiger partial charge in [0.05, 0.1) is 5.69 Å². The van der Waals surface area contributed by atoms with Gasteiger partial charge in [-0.05, 0) is 25.5 Å². The predicted octanol–water partition coefficient (Wildman–Crippen LogP) is 1.46. The van der Waals surface area contributed by atoms with E-state index < -0.39 is 0 Å². The Bertz CT molecular complexity index is 495. The molecule has 1 unspecified atom stereocenters. The number of hydrogen-bond donors (Lipinski definition) is 2. The summed E-state index contributed by atoms with van der Waals surface area (Å²) in [4.78, 5) is 7.86. The van der Waals surface area contributed by atoms with Crippen LogP contribution >= 0.6 is 0 Å². The Morgan fingerprint density at radius 1 is 1.56 bits per heavy atom. The zero-order valence-corrected chi connectivity index (χ0v) is 9.40. The molecule has 2 aromatic rings. The Kier molecular flexibility index (Phi) is 2.11. The van der Waals surface area contributed by atoms with E-state index in [9.17, 15) is 0 Å². The molecule has 0 saturated carbocycles. The summed E-state index contributed by atoms with van der Waals surface area (Å²) in [6.07, 6.45) is 3.91. The highest BCUT2D eigenvalue weighted by atomic mass is 15.1. The number of nitrogens with zero attached hydrogens (tertiary/aromatic N) is 2. The summed E-state index contributed by atoms with van der Waals surface area (Å²) in [5.41, 5.74) is 9.46. The maximum Gasteiger partial charge on any atom is 0.108 e. The first-order chi connectivity index (χ1) is 7.75. The van der Waals surface area contributed by atoms with Crippen LogP contribution in [0, 0.1) is 6.92 Å². The molecule has 4 nitrogen and oxygen atoms in total. The van der Waals surface area contributed by atoms with E-state index in [4.69, 9.17) is 5.73 Å². The third-order valence-electron chi connectivity index (χ3n) is 3.30. The molecule has 3 N–H and O–H groups in total. The minimum Gasteiger partial charge on any atom is -0.360 e. The normalized spacial score (nSPS) is 19.8. The third-order valence-corrected chi connectivity index (χ3v) is 3.30. The monoisotopic (exact) mass is 216 g/mol. The SMILES string of the molecule is Cc1nc(-c2ccc[nH]2)c2n1CCC(N)C2. The number of aromatic nitrogens is 3. The van der Waals surface area contributed by atoms with E-state index in [-0.39, 0.29) is 6.04 Å². The van der Waals surface area contributed by atoms with Crippen molar-refractivity contribution >= 4 is 0 Å². The highest BCUT2D eigenvalue weighted by molar-refractivity contribution is 5.58. The predicted molar refractivity (Wildman–Crippen MR) is 63.0 cm³/mol. The van der Waals surface area contributed by atoms with Gasteiger partial charge < -0.3 is 15.3 Å². The molecule has 84 valence electrons. The van der Waals surface area contributed by atoms with Crippen molar-refractivity contribution in [2.45, 2.75) is 32.4 Å². The molecule has 4 heteroatoms. The number of fused-ring (bicyclic) bond motifs is 1. The van der Waals surface area contributed by atoms with Crippen molar-refractivity contribution in [1.29, 1.82) is 0 Å². The topological polar surface area (TPSA) is 59.6 Å². The lowest BCUT2D eigenvalue weighted by Gasteiger charge is -2.21. The average molecular weight is 216 g/mol. The first-order valence-electron chi connectivity index (χ1n) is 5.71. The van der Waals surface area contributed by atoms with Gasteiger partial charge in [0.15, 0.2) is 0 Å². The van der Waals surface area contributed by atoms with E-state index in [0.717, 1.165) is 36.6 Å². The molecule has 0 amide bonds. The van der Waals surface area contributed by atoms with Crippen molar-refractivity contribution < 1.29 is 0 Å². The Hall–Kier alpha value is -1.55. The first-order valence-corrected chi connectivity index (χ1v) is 5.71. The van der Waals surface area contributed by atoms with Gasteiger partial charge in [0.25, 0.3) is 0 Å². The molecule has 1 aliphatic rings. The van der Waals surface area contributed by atoms with Crippen LogP contribution in [0.25, 0.3) is 11.4 Å². The van der Waals surface area contributed by atoms with Crippen LogP contribution in [0.1, 0.15) is 17.9 Å². The lowest BCUT2D eigenvalue weighted by Crippen LogP contribution is -2.31. The van der Waals surface area contributed by atoms with Gasteiger partial charge in [-0.15, -0.1) is 0 Å². The fraction of sp³-hybridized carbons (Fsp3) is 0.417. The van der Waals surface area contributed by atoms with Crippen molar-refractivity contribution in [3.63, 3.8) is 0 Å². The number of aryl methyl sites for hydroxylation is 1. The van der Waals surface area contributed by atoms with Gasteiger partial charge in [-0.25, -0.2) is 4.98 Å². The molecule has 0 spiro atoms. The molecule has 16 heavy (non-hydrogen) atoms. The van der Waals surface area contributed by atoms with E-state index in [2.05, 4.69) is 27.5 Å². The molecule has 0 fully saturated rings. The van der Waals surface area contributed by atoms with Crippen molar-refractivity contribution in [3.05, 3.63) is 29.8 Å². The third kappa shape index (κ3) is 1.38. The minimum absolute atomic E-state index is 0.275. The van der Waals surface area contributed by atoms with Crippen LogP contribution in [0.4, 0.5) is 0 Å². The Morgan fingerprint density at radius 3 is 3.19 bits per heavy atom. The van der Waals surface area contributed by atoms with Crippen molar-refractivity contribution in [2.24, 2.45) is 5.73 Å². The summed E-state index contributed by atoms with van der Waals surface area (Å²) in [7, 11) is 0. The van der Waals surface area contributed by atoms with Crippen molar-refractivity contribution in [3.8, 4) is 11.4 Å². The molecule has 1 atom stereocenters. The number of nitrogens with one attached hydrogen (secondary N) is 1. The van der Waals surface area contributed by atoms with Gasteiger partial charge >= 0.3 is 0 Å². The fourth-order valence-corrected chi connectivity index (χ4v) is 2.45. The van der Waals surface area contributed by atoms with Crippen molar-refractivity contribution in [2.75, 3.05) is 0 Å². The zero-order valence-electron chi connectivity index (χ0n) is 9.40. The summed E-state index contributed by atoms with van der Waals surface area (Å²) in [6.45, 7) is 3.06. The Labute approximate surface area is 94.5 Å². The second-order valence-corrected chi connectivity index (χ2v) is 4.44. The fourth-order valence-electron chi connectivity index (χ4n) is 2.45. The lowest BCUT2D eigenvalue weighted by molar-refractivity contribution is 0.465. The van der Waals surface area contributed by atoms with E-state index in [1.54, 1.807) is 0 Å². The second-order valence-electron chi connectivity index (χ2n) is 4.44. The van der Waals surface area contributed by atoms with Gasteiger partial charge in [0.2, 0.25) is 0 Å². The molecule has 0 aliphatic carbocycles. The van der Waals surface area contributed by atoms with Crippen LogP contribution in [-0.2, 0) is 13.0 Å². The number of rotatable bonds is 1. The smallest absolute Gasteiger partial charge is 0.108 e. The highest BCUT2D eigenvalue weighted by Gasteiger charge is 2.22. The first kappa shape index (κ1) is 9.66. The molecular weight excluding hydrogens is 200 g/mol. The Balaban J connectivity index is 2.13. The number of hydrogen-bond acceptors (Lipinski definition) is 2. The quantitative estimate of drug-likeness (QED) is 0.758. The van der Waals surface area contributed by atoms with E-state index in [1.165, 1.54) is 5.69 Å². The maximum atomic E-state index is 6.03. The number of H-pyrrole nitrogens is 1. The van der Waals surface area contributed by atoms with Gasteiger partial charge in [0, 0.05) is 30.9 Å². The van der Waals surface area contributed by atoms with Gasteiger partial charge in [-0.3, -0.25) is 0 Å². The second kappa shape index (κ2) is 3.49. The maximum absolute atomic E-state index is 6.03. The van der Waals surface area contributed by atoms with Crippen LogP contribution in [0.2, 0.25) is 0 Å². The molecule has 0 aromatic carbocycles. The van der Waals surface area contributed by atoms with Crippen LogP contribution in [-0.4, -0.2) is 20.6 Å². The summed E-state index contributed by atoms with van der Waals surface area (Å²) >= 11 is 0. The van der Waals surface area contributed by atoms with Gasteiger partial charge in [0.1, 0.15) is 11.5 Å². The van der Waals surface area contributed by atoms with Crippen LogP contribution in [0.3, 0.4) is 0 Å². The van der Waals surface area contributed by atoms with Gasteiger partial charge in [-0.2, -0.15) is 0 Å². The number of nitrogens with two attached hydrogens (primary N) is 1. The average Bonchev–Trinajstić information content (AvgIpc) is 2.86. The summed E-state index contributed by atoms with van der Waals surface area (Å²) in [5.74, 6) is 1.09.